The van der Waals surface area contributed by atoms with Gasteiger partial charge < -0.3 is 5.32 Å². The molecule has 0 spiro atoms. The van der Waals surface area contributed by atoms with Crippen LogP contribution in [0.1, 0.15) is 52.4 Å². The molecule has 114 valence electrons. The van der Waals surface area contributed by atoms with E-state index in [-0.39, 0.29) is 0 Å². The Labute approximate surface area is 124 Å². The molecule has 0 aromatic carbocycles. The van der Waals surface area contributed by atoms with E-state index in [1.807, 2.05) is 0 Å². The summed E-state index contributed by atoms with van der Waals surface area (Å²) >= 11 is 0. The van der Waals surface area contributed by atoms with Crippen LogP contribution in [0.4, 0.5) is 0 Å². The zero-order valence-electron chi connectivity index (χ0n) is 13.8. The predicted molar refractivity (Wildman–Crippen MR) is 86.6 cm³/mol. The lowest BCUT2D eigenvalue weighted by molar-refractivity contribution is 0.203. The summed E-state index contributed by atoms with van der Waals surface area (Å²) in [6, 6.07) is 6.98. The Kier molecular flexibility index (Phi) is 7.78. The van der Waals surface area contributed by atoms with E-state index < -0.39 is 0 Å². The fourth-order valence-electron chi connectivity index (χ4n) is 2.25. The molecule has 1 atom stereocenters. The predicted octanol–water partition coefficient (Wildman–Crippen LogP) is 3.45. The zero-order chi connectivity index (χ0) is 15.0. The normalized spacial score (nSPS) is 13.2. The maximum absolute atomic E-state index is 4.77. The fourth-order valence-corrected chi connectivity index (χ4v) is 2.25. The van der Waals surface area contributed by atoms with Crippen LogP contribution in [0, 0.1) is 5.92 Å². The van der Waals surface area contributed by atoms with Crippen molar-refractivity contribution >= 4 is 0 Å². The van der Waals surface area contributed by atoms with Gasteiger partial charge in [0.05, 0.1) is 11.4 Å². The molecule has 1 unspecified atom stereocenters. The van der Waals surface area contributed by atoms with Crippen LogP contribution < -0.4 is 5.32 Å². The minimum Gasteiger partial charge on any atom is -0.311 e. The molecule has 0 amide bonds. The molecule has 0 aliphatic heterocycles. The van der Waals surface area contributed by atoms with Crippen molar-refractivity contribution in [3.8, 4) is 0 Å². The summed E-state index contributed by atoms with van der Waals surface area (Å²) in [5.74, 6) is 0.680. The van der Waals surface area contributed by atoms with Gasteiger partial charge in [0.15, 0.2) is 0 Å². The van der Waals surface area contributed by atoms with Crippen LogP contribution in [0.2, 0.25) is 0 Å². The molecule has 0 radical (unpaired) electrons. The van der Waals surface area contributed by atoms with Crippen molar-refractivity contribution in [3.05, 3.63) is 29.6 Å². The molecule has 1 rings (SSSR count). The average molecular weight is 277 g/mol. The van der Waals surface area contributed by atoms with Gasteiger partial charge in [-0.3, -0.25) is 9.88 Å². The molecule has 0 saturated heterocycles. The number of hydrogen-bond acceptors (Lipinski definition) is 3. The van der Waals surface area contributed by atoms with Gasteiger partial charge in [-0.15, -0.1) is 0 Å². The fraction of sp³-hybridized carbons (Fsp3) is 0.706. The molecule has 1 aromatic heterocycles. The number of hydrogen-bond donors (Lipinski definition) is 1. The first-order valence-corrected chi connectivity index (χ1v) is 7.96. The highest BCUT2D eigenvalue weighted by molar-refractivity contribution is 5.11. The van der Waals surface area contributed by atoms with Crippen LogP contribution in [-0.2, 0) is 13.1 Å². The minimum atomic E-state index is 0.615. The first-order chi connectivity index (χ1) is 9.56. The van der Waals surface area contributed by atoms with Gasteiger partial charge in [-0.2, -0.15) is 0 Å². The number of rotatable bonds is 9. The number of aromatic nitrogens is 1. The van der Waals surface area contributed by atoms with E-state index in [1.54, 1.807) is 0 Å². The van der Waals surface area contributed by atoms with Gasteiger partial charge in [0.1, 0.15) is 0 Å². The highest BCUT2D eigenvalue weighted by atomic mass is 15.1. The second kappa shape index (κ2) is 9.09. The standard InChI is InChI=1S/C17H31N3/c1-6-15(5)20(7-2)13-17-10-8-9-16(19-17)12-18-11-14(3)4/h8-10,14-15,18H,6-7,11-13H2,1-5H3. The van der Waals surface area contributed by atoms with Crippen LogP contribution >= 0.6 is 0 Å². The van der Waals surface area contributed by atoms with E-state index in [1.165, 1.54) is 12.1 Å². The van der Waals surface area contributed by atoms with Gasteiger partial charge in [-0.25, -0.2) is 0 Å². The summed E-state index contributed by atoms with van der Waals surface area (Å²) in [6.07, 6.45) is 1.18. The molecule has 20 heavy (non-hydrogen) atoms. The lowest BCUT2D eigenvalue weighted by atomic mass is 10.2. The summed E-state index contributed by atoms with van der Waals surface area (Å²) in [6.45, 7) is 15.1. The van der Waals surface area contributed by atoms with E-state index in [4.69, 9.17) is 4.98 Å². The lowest BCUT2D eigenvalue weighted by Gasteiger charge is -2.26. The maximum atomic E-state index is 4.77. The molecule has 3 nitrogen and oxygen atoms in total. The molecular weight excluding hydrogens is 246 g/mol. The Bertz CT molecular complexity index is 376. The van der Waals surface area contributed by atoms with E-state index in [0.717, 1.165) is 31.9 Å². The van der Waals surface area contributed by atoms with Crippen LogP contribution in [-0.4, -0.2) is 29.0 Å². The highest BCUT2D eigenvalue weighted by Gasteiger charge is 2.11. The molecule has 0 bridgehead atoms. The van der Waals surface area contributed by atoms with Gasteiger partial charge in [0.2, 0.25) is 0 Å². The van der Waals surface area contributed by atoms with Crippen LogP contribution in [0.15, 0.2) is 18.2 Å². The van der Waals surface area contributed by atoms with Crippen LogP contribution in [0.3, 0.4) is 0 Å². The van der Waals surface area contributed by atoms with Crippen LogP contribution in [0.25, 0.3) is 0 Å². The highest BCUT2D eigenvalue weighted by Crippen LogP contribution is 2.09. The Morgan fingerprint density at radius 3 is 2.45 bits per heavy atom. The van der Waals surface area contributed by atoms with Gasteiger partial charge >= 0.3 is 0 Å². The lowest BCUT2D eigenvalue weighted by Crippen LogP contribution is -2.32. The molecule has 0 aliphatic rings. The average Bonchev–Trinajstić information content (AvgIpc) is 2.44. The van der Waals surface area contributed by atoms with E-state index >= 15 is 0 Å². The maximum Gasteiger partial charge on any atom is 0.0547 e. The largest absolute Gasteiger partial charge is 0.311 e. The van der Waals surface area contributed by atoms with Crippen molar-refractivity contribution < 1.29 is 0 Å². The number of nitrogens with zero attached hydrogens (tertiary/aromatic N) is 2. The molecular formula is C17H31N3. The molecule has 0 fully saturated rings. The monoisotopic (exact) mass is 277 g/mol. The quantitative estimate of drug-likeness (QED) is 0.749. The molecule has 3 heteroatoms. The van der Waals surface area contributed by atoms with Gasteiger partial charge in [-0.05, 0) is 44.5 Å². The van der Waals surface area contributed by atoms with Crippen molar-refractivity contribution in [1.29, 1.82) is 0 Å². The van der Waals surface area contributed by atoms with Crippen molar-refractivity contribution in [2.75, 3.05) is 13.1 Å². The van der Waals surface area contributed by atoms with E-state index in [9.17, 15) is 0 Å². The summed E-state index contributed by atoms with van der Waals surface area (Å²) in [4.78, 5) is 7.25. The minimum absolute atomic E-state index is 0.615. The third kappa shape index (κ3) is 6.02. The van der Waals surface area contributed by atoms with Gasteiger partial charge in [0, 0.05) is 19.1 Å². The first kappa shape index (κ1) is 17.1. The smallest absolute Gasteiger partial charge is 0.0547 e. The first-order valence-electron chi connectivity index (χ1n) is 7.96. The molecule has 0 aliphatic carbocycles. The van der Waals surface area contributed by atoms with Crippen molar-refractivity contribution in [2.45, 2.75) is 60.2 Å². The Morgan fingerprint density at radius 1 is 1.15 bits per heavy atom. The summed E-state index contributed by atoms with van der Waals surface area (Å²) in [7, 11) is 0. The number of nitrogens with one attached hydrogen (secondary N) is 1. The van der Waals surface area contributed by atoms with Gasteiger partial charge in [-0.1, -0.05) is 33.8 Å². The zero-order valence-corrected chi connectivity index (χ0v) is 13.8. The second-order valence-corrected chi connectivity index (χ2v) is 5.97. The topological polar surface area (TPSA) is 28.2 Å². The molecule has 0 saturated carbocycles. The summed E-state index contributed by atoms with van der Waals surface area (Å²) < 4.78 is 0. The van der Waals surface area contributed by atoms with E-state index in [2.05, 4.69) is 63.0 Å². The SMILES string of the molecule is CCC(C)N(CC)Cc1cccc(CNCC(C)C)n1. The second-order valence-electron chi connectivity index (χ2n) is 5.97. The third-order valence-electron chi connectivity index (χ3n) is 3.71. The van der Waals surface area contributed by atoms with Gasteiger partial charge in [0.25, 0.3) is 0 Å². The Balaban J connectivity index is 2.58. The molecule has 1 aromatic rings. The third-order valence-corrected chi connectivity index (χ3v) is 3.71. The van der Waals surface area contributed by atoms with Crippen molar-refractivity contribution in [3.63, 3.8) is 0 Å². The van der Waals surface area contributed by atoms with Crippen molar-refractivity contribution in [2.24, 2.45) is 5.92 Å². The molecule has 1 heterocycles. The Hall–Kier alpha value is -0.930. The summed E-state index contributed by atoms with van der Waals surface area (Å²) in [5, 5.41) is 3.45. The molecule has 1 N–H and O–H groups in total. The summed E-state index contributed by atoms with van der Waals surface area (Å²) in [5.41, 5.74) is 2.32. The van der Waals surface area contributed by atoms with Crippen molar-refractivity contribution in [1.82, 2.24) is 15.2 Å². The van der Waals surface area contributed by atoms with E-state index in [0.29, 0.717) is 12.0 Å². The van der Waals surface area contributed by atoms with Crippen LogP contribution in [0.5, 0.6) is 0 Å². The Morgan fingerprint density at radius 2 is 1.85 bits per heavy atom. The number of pyridine rings is 1.